The van der Waals surface area contributed by atoms with Crippen LogP contribution in [0, 0.1) is 6.42 Å². The summed E-state index contributed by atoms with van der Waals surface area (Å²) < 4.78 is 0. The maximum Gasteiger partial charge on any atom is 0.310 e. The molecule has 0 saturated carbocycles. The van der Waals surface area contributed by atoms with Gasteiger partial charge in [0.2, 0.25) is 5.91 Å². The number of carbonyl (C=O) groups excluding carboxylic acids is 2. The number of amides is 1. The average molecular weight is 248 g/mol. The van der Waals surface area contributed by atoms with E-state index in [-0.39, 0.29) is 12.3 Å². The van der Waals surface area contributed by atoms with Crippen molar-refractivity contribution in [1.29, 1.82) is 0 Å². The van der Waals surface area contributed by atoms with Crippen LogP contribution in [-0.2, 0) is 20.8 Å². The second-order valence-electron chi connectivity index (χ2n) is 3.72. The third-order valence-electron chi connectivity index (χ3n) is 2.28. The highest BCUT2D eigenvalue weighted by molar-refractivity contribution is 5.87. The molecule has 1 rings (SSSR count). The van der Waals surface area contributed by atoms with Gasteiger partial charge in [-0.3, -0.25) is 9.59 Å². The van der Waals surface area contributed by atoms with Crippen LogP contribution in [0.2, 0.25) is 0 Å². The van der Waals surface area contributed by atoms with Crippen LogP contribution in [0.1, 0.15) is 12.0 Å². The minimum absolute atomic E-state index is 0.210. The SMILES string of the molecule is O=C[C@H]([CH]C(=O)O)NC(=O)CCc1ccccc1. The smallest absolute Gasteiger partial charge is 0.310 e. The van der Waals surface area contributed by atoms with Crippen molar-refractivity contribution in [2.75, 3.05) is 0 Å². The molecule has 0 aliphatic carbocycles. The van der Waals surface area contributed by atoms with Gasteiger partial charge in [0.1, 0.15) is 6.29 Å². The molecule has 95 valence electrons. The van der Waals surface area contributed by atoms with Gasteiger partial charge in [-0.25, -0.2) is 0 Å². The summed E-state index contributed by atoms with van der Waals surface area (Å²) in [6.07, 6.45) is 1.88. The van der Waals surface area contributed by atoms with E-state index in [9.17, 15) is 14.4 Å². The maximum atomic E-state index is 11.5. The van der Waals surface area contributed by atoms with Gasteiger partial charge >= 0.3 is 5.97 Å². The monoisotopic (exact) mass is 248 g/mol. The van der Waals surface area contributed by atoms with Gasteiger partial charge in [-0.05, 0) is 12.0 Å². The number of rotatable bonds is 7. The Balaban J connectivity index is 2.37. The lowest BCUT2D eigenvalue weighted by molar-refractivity contribution is -0.134. The van der Waals surface area contributed by atoms with Crippen molar-refractivity contribution < 1.29 is 19.5 Å². The second kappa shape index (κ2) is 7.21. The number of carbonyl (C=O) groups is 3. The van der Waals surface area contributed by atoms with E-state index in [1.165, 1.54) is 0 Å². The summed E-state index contributed by atoms with van der Waals surface area (Å²) in [7, 11) is 0. The number of aliphatic carboxylic acids is 1. The summed E-state index contributed by atoms with van der Waals surface area (Å²) in [5.74, 6) is -1.59. The van der Waals surface area contributed by atoms with Gasteiger partial charge in [0, 0.05) is 6.42 Å². The van der Waals surface area contributed by atoms with Gasteiger partial charge in [0.25, 0.3) is 0 Å². The van der Waals surface area contributed by atoms with Crippen molar-refractivity contribution >= 4 is 18.2 Å². The van der Waals surface area contributed by atoms with Crippen LogP contribution in [0.3, 0.4) is 0 Å². The lowest BCUT2D eigenvalue weighted by Crippen LogP contribution is -2.38. The molecule has 1 aromatic carbocycles. The molecule has 1 amide bonds. The van der Waals surface area contributed by atoms with E-state index >= 15 is 0 Å². The van der Waals surface area contributed by atoms with Crippen LogP contribution in [0.5, 0.6) is 0 Å². The van der Waals surface area contributed by atoms with Gasteiger partial charge in [0.15, 0.2) is 0 Å². The normalized spacial score (nSPS) is 11.6. The summed E-state index contributed by atoms with van der Waals surface area (Å²) in [5, 5.41) is 10.8. The number of carboxylic acids is 1. The predicted octanol–water partition coefficient (Wildman–Crippen LogP) is 0.592. The maximum absolute atomic E-state index is 11.5. The zero-order chi connectivity index (χ0) is 13.4. The molecule has 0 aliphatic rings. The summed E-state index contributed by atoms with van der Waals surface area (Å²) in [6, 6.07) is 8.35. The molecule has 0 heterocycles. The van der Waals surface area contributed by atoms with E-state index in [1.54, 1.807) is 0 Å². The first kappa shape index (κ1) is 13.9. The van der Waals surface area contributed by atoms with E-state index < -0.39 is 12.0 Å². The molecule has 5 heteroatoms. The Kier molecular flexibility index (Phi) is 5.57. The molecule has 0 aliphatic heterocycles. The first-order valence-electron chi connectivity index (χ1n) is 5.48. The Hall–Kier alpha value is -2.17. The van der Waals surface area contributed by atoms with Crippen LogP contribution >= 0.6 is 0 Å². The van der Waals surface area contributed by atoms with Crippen LogP contribution in [0.25, 0.3) is 0 Å². The molecular formula is C13H14NO4. The van der Waals surface area contributed by atoms with E-state index in [1.807, 2.05) is 30.3 Å². The molecular weight excluding hydrogens is 234 g/mol. The zero-order valence-corrected chi connectivity index (χ0v) is 9.70. The Labute approximate surface area is 105 Å². The van der Waals surface area contributed by atoms with Crippen molar-refractivity contribution in [2.24, 2.45) is 0 Å². The number of benzene rings is 1. The minimum atomic E-state index is -1.24. The highest BCUT2D eigenvalue weighted by Crippen LogP contribution is 2.02. The lowest BCUT2D eigenvalue weighted by atomic mass is 10.1. The lowest BCUT2D eigenvalue weighted by Gasteiger charge is -2.09. The Morgan fingerprint density at radius 2 is 1.94 bits per heavy atom. The summed E-state index contributed by atoms with van der Waals surface area (Å²) in [6.45, 7) is 0. The quantitative estimate of drug-likeness (QED) is 0.692. The number of aldehydes is 1. The van der Waals surface area contributed by atoms with Gasteiger partial charge < -0.3 is 15.2 Å². The molecule has 2 N–H and O–H groups in total. The Morgan fingerprint density at radius 3 is 2.50 bits per heavy atom. The fourth-order valence-electron chi connectivity index (χ4n) is 1.43. The first-order valence-corrected chi connectivity index (χ1v) is 5.48. The highest BCUT2D eigenvalue weighted by atomic mass is 16.4. The van der Waals surface area contributed by atoms with Crippen LogP contribution in [0.15, 0.2) is 30.3 Å². The van der Waals surface area contributed by atoms with E-state index in [4.69, 9.17) is 5.11 Å². The molecule has 1 atom stereocenters. The molecule has 1 radical (unpaired) electrons. The third kappa shape index (κ3) is 5.25. The predicted molar refractivity (Wildman–Crippen MR) is 64.7 cm³/mol. The van der Waals surface area contributed by atoms with Gasteiger partial charge in [-0.15, -0.1) is 0 Å². The number of nitrogens with one attached hydrogen (secondary N) is 1. The minimum Gasteiger partial charge on any atom is -0.481 e. The Morgan fingerprint density at radius 1 is 1.28 bits per heavy atom. The van der Waals surface area contributed by atoms with Crippen molar-refractivity contribution in [3.8, 4) is 0 Å². The molecule has 18 heavy (non-hydrogen) atoms. The van der Waals surface area contributed by atoms with Crippen LogP contribution in [-0.4, -0.2) is 29.3 Å². The van der Waals surface area contributed by atoms with Crippen molar-refractivity contribution in [1.82, 2.24) is 5.32 Å². The molecule has 0 bridgehead atoms. The summed E-state index contributed by atoms with van der Waals surface area (Å²) in [4.78, 5) is 32.4. The van der Waals surface area contributed by atoms with Gasteiger partial charge in [0.05, 0.1) is 12.5 Å². The molecule has 0 unspecified atom stereocenters. The van der Waals surface area contributed by atoms with Gasteiger partial charge in [-0.2, -0.15) is 0 Å². The zero-order valence-electron chi connectivity index (χ0n) is 9.70. The highest BCUT2D eigenvalue weighted by Gasteiger charge is 2.15. The summed E-state index contributed by atoms with van der Waals surface area (Å²) in [5.41, 5.74) is 1.01. The van der Waals surface area contributed by atoms with Crippen molar-refractivity contribution in [3.63, 3.8) is 0 Å². The fraction of sp³-hybridized carbons (Fsp3) is 0.231. The molecule has 0 saturated heterocycles. The summed E-state index contributed by atoms with van der Waals surface area (Å²) >= 11 is 0. The molecule has 5 nitrogen and oxygen atoms in total. The first-order chi connectivity index (χ1) is 8.61. The largest absolute Gasteiger partial charge is 0.481 e. The van der Waals surface area contributed by atoms with E-state index in [0.717, 1.165) is 12.0 Å². The number of hydrogen-bond donors (Lipinski definition) is 2. The molecule has 0 fully saturated rings. The molecule has 0 aromatic heterocycles. The fourth-order valence-corrected chi connectivity index (χ4v) is 1.43. The topological polar surface area (TPSA) is 83.5 Å². The van der Waals surface area contributed by atoms with Crippen LogP contribution < -0.4 is 5.32 Å². The standard InChI is InChI=1S/C13H14NO4/c15-9-11(8-13(17)18)14-12(16)7-6-10-4-2-1-3-5-10/h1-5,8-9,11H,6-7H2,(H,14,16)(H,17,18)/t11-/m0/s1. The number of aryl methyl sites for hydroxylation is 1. The van der Waals surface area contributed by atoms with Crippen molar-refractivity contribution in [2.45, 2.75) is 18.9 Å². The Bertz CT molecular complexity index is 416. The third-order valence-corrected chi connectivity index (χ3v) is 2.28. The van der Waals surface area contributed by atoms with E-state index in [0.29, 0.717) is 12.7 Å². The van der Waals surface area contributed by atoms with Crippen molar-refractivity contribution in [3.05, 3.63) is 42.3 Å². The average Bonchev–Trinajstić information content (AvgIpc) is 2.36. The second-order valence-corrected chi connectivity index (χ2v) is 3.72. The number of carboxylic acid groups (broad SMARTS) is 1. The molecule has 1 aromatic rings. The van der Waals surface area contributed by atoms with Crippen LogP contribution in [0.4, 0.5) is 0 Å². The molecule has 0 spiro atoms. The number of hydrogen-bond acceptors (Lipinski definition) is 3. The van der Waals surface area contributed by atoms with Gasteiger partial charge in [-0.1, -0.05) is 30.3 Å². The van der Waals surface area contributed by atoms with E-state index in [2.05, 4.69) is 5.32 Å².